The molecule has 0 amide bonds. The highest BCUT2D eigenvalue weighted by Gasteiger charge is 2.40. The van der Waals surface area contributed by atoms with Crippen LogP contribution in [0.5, 0.6) is 0 Å². The number of carbonyl (C=O) groups excluding carboxylic acids is 8. The van der Waals surface area contributed by atoms with Crippen molar-refractivity contribution in [3.8, 4) is 0 Å². The minimum absolute atomic E-state index is 0.301. The zero-order valence-electron chi connectivity index (χ0n) is 22.4. The molecule has 0 spiro atoms. The van der Waals surface area contributed by atoms with Crippen LogP contribution >= 0.6 is 0 Å². The van der Waals surface area contributed by atoms with E-state index in [4.69, 9.17) is 0 Å². The van der Waals surface area contributed by atoms with E-state index < -0.39 is 67.9 Å². The van der Waals surface area contributed by atoms with Crippen molar-refractivity contribution in [2.45, 2.75) is 81.1 Å². The molecule has 0 atom stereocenters. The average molecular weight is 501 g/mol. The van der Waals surface area contributed by atoms with E-state index in [1.54, 1.807) is 0 Å². The maximum atomic E-state index is 12.7. The highest BCUT2D eigenvalue weighted by atomic mass is 16.2. The molecule has 0 aromatic carbocycles. The molecule has 196 valence electrons. The largest absolute Gasteiger partial charge is 0.299 e. The second-order valence-corrected chi connectivity index (χ2v) is 11.3. The van der Waals surface area contributed by atoms with Gasteiger partial charge in [-0.3, -0.25) is 38.4 Å². The summed E-state index contributed by atoms with van der Waals surface area (Å²) in [6, 6.07) is 0. The number of Topliss-reactive ketones (excluding diaryl/α,β-unsaturated/α-hetero) is 4. The summed E-state index contributed by atoms with van der Waals surface area (Å²) >= 11 is 0. The fourth-order valence-corrected chi connectivity index (χ4v) is 3.39. The topological polar surface area (TPSA) is 137 Å². The van der Waals surface area contributed by atoms with E-state index in [0.717, 1.165) is 24.3 Å². The van der Waals surface area contributed by atoms with Crippen LogP contribution in [-0.4, -0.2) is 46.3 Å². The number of ketones is 8. The van der Waals surface area contributed by atoms with Crippen LogP contribution in [0.25, 0.3) is 0 Å². The summed E-state index contributed by atoms with van der Waals surface area (Å²) in [5.41, 5.74) is -6.15. The molecule has 1 aliphatic carbocycles. The van der Waals surface area contributed by atoms with Gasteiger partial charge in [0.1, 0.15) is 23.1 Å². The summed E-state index contributed by atoms with van der Waals surface area (Å²) in [5, 5.41) is 0. The second-order valence-electron chi connectivity index (χ2n) is 11.3. The fourth-order valence-electron chi connectivity index (χ4n) is 3.39. The lowest BCUT2D eigenvalue weighted by Gasteiger charge is -2.24. The predicted octanol–water partition coefficient (Wildman–Crippen LogP) is 3.33. The quantitative estimate of drug-likeness (QED) is 0.462. The van der Waals surface area contributed by atoms with E-state index in [-0.39, 0.29) is 25.7 Å². The molecule has 0 N–H and O–H groups in total. The molecule has 0 heterocycles. The van der Waals surface area contributed by atoms with Gasteiger partial charge in [-0.1, -0.05) is 0 Å². The third-order valence-corrected chi connectivity index (χ3v) is 7.18. The summed E-state index contributed by atoms with van der Waals surface area (Å²) in [7, 11) is 0. The van der Waals surface area contributed by atoms with Crippen molar-refractivity contribution >= 4 is 46.3 Å². The Bertz CT molecular complexity index is 907. The lowest BCUT2D eigenvalue weighted by Crippen LogP contribution is -2.37. The highest BCUT2D eigenvalue weighted by molar-refractivity contribution is 6.19. The fraction of sp³-hybridized carbons (Fsp3) is 0.571. The molecule has 1 rings (SSSR count). The molecule has 36 heavy (non-hydrogen) atoms. The predicted molar refractivity (Wildman–Crippen MR) is 132 cm³/mol. The molecule has 1 aliphatic rings. The number of hydrogen-bond donors (Lipinski definition) is 0. The minimum Gasteiger partial charge on any atom is -0.299 e. The molecule has 0 radical (unpaired) electrons. The van der Waals surface area contributed by atoms with Crippen molar-refractivity contribution in [3.63, 3.8) is 0 Å². The molecule has 8 nitrogen and oxygen atoms in total. The maximum Gasteiger partial charge on any atom is 0.168 e. The number of hydrogen-bond acceptors (Lipinski definition) is 8. The molecule has 0 saturated carbocycles. The third-order valence-electron chi connectivity index (χ3n) is 7.18. The molecular formula is C28H36O8. The Morgan fingerprint density at radius 2 is 0.500 bits per heavy atom. The standard InChI is InChI=1S/C28H36O8/c1-25(2)17(29)9-11-19(31)26(3,4)21(33)13-15-23(35)28(7,8)24(36)16-14-22(34)27(5,6)20(32)12-10-18(25)30/h9,11,14,16H,10,12-13,15H2,1-8H3/b11-9-,16-14-. The van der Waals surface area contributed by atoms with Crippen LogP contribution in [0, 0.1) is 21.7 Å². The van der Waals surface area contributed by atoms with Gasteiger partial charge in [-0.05, 0) is 79.7 Å². The van der Waals surface area contributed by atoms with Crippen LogP contribution in [-0.2, 0) is 38.4 Å². The molecule has 0 fully saturated rings. The van der Waals surface area contributed by atoms with Crippen molar-refractivity contribution in [2.24, 2.45) is 21.7 Å². The molecule has 0 aromatic heterocycles. The normalized spacial score (nSPS) is 26.0. The van der Waals surface area contributed by atoms with Gasteiger partial charge in [0.25, 0.3) is 0 Å². The Labute approximate surface area is 211 Å². The SMILES string of the molecule is CC1(C)C(=O)/C=C\C(=O)C(C)(C)C(=O)CCC(=O)C(C)(C)C(=O)/C=C\C(=O)C(C)(C)C(=O)CCC1=O. The number of rotatable bonds is 0. The van der Waals surface area contributed by atoms with Crippen molar-refractivity contribution < 1.29 is 38.4 Å². The van der Waals surface area contributed by atoms with Crippen LogP contribution in [0.15, 0.2) is 24.3 Å². The first kappa shape index (κ1) is 30.9. The second kappa shape index (κ2) is 10.8. The van der Waals surface area contributed by atoms with Crippen molar-refractivity contribution in [3.05, 3.63) is 24.3 Å². The Morgan fingerprint density at radius 1 is 0.361 bits per heavy atom. The Hall–Kier alpha value is -3.16. The van der Waals surface area contributed by atoms with E-state index >= 15 is 0 Å². The van der Waals surface area contributed by atoms with E-state index in [9.17, 15) is 38.4 Å². The van der Waals surface area contributed by atoms with Crippen molar-refractivity contribution in [1.29, 1.82) is 0 Å². The first-order valence-corrected chi connectivity index (χ1v) is 11.9. The number of carbonyl (C=O) groups is 8. The van der Waals surface area contributed by atoms with Crippen LogP contribution in [0.1, 0.15) is 81.1 Å². The lowest BCUT2D eigenvalue weighted by atomic mass is 9.75. The van der Waals surface area contributed by atoms with Gasteiger partial charge in [0.15, 0.2) is 23.1 Å². The first-order chi connectivity index (χ1) is 16.2. The molecule has 0 saturated heterocycles. The van der Waals surface area contributed by atoms with Gasteiger partial charge < -0.3 is 0 Å². The molecule has 0 aromatic rings. The van der Waals surface area contributed by atoms with Crippen LogP contribution < -0.4 is 0 Å². The third kappa shape index (κ3) is 6.53. The Morgan fingerprint density at radius 3 is 0.639 bits per heavy atom. The van der Waals surface area contributed by atoms with E-state index in [1.165, 1.54) is 55.4 Å². The monoisotopic (exact) mass is 500 g/mol. The van der Waals surface area contributed by atoms with Gasteiger partial charge >= 0.3 is 0 Å². The Balaban J connectivity index is 3.44. The zero-order valence-corrected chi connectivity index (χ0v) is 22.4. The molecule has 0 bridgehead atoms. The Kier molecular flexibility index (Phi) is 9.30. The molecule has 8 heteroatoms. The highest BCUT2D eigenvalue weighted by Crippen LogP contribution is 2.29. The maximum absolute atomic E-state index is 12.7. The van der Waals surface area contributed by atoms with Crippen LogP contribution in [0.4, 0.5) is 0 Å². The van der Waals surface area contributed by atoms with E-state index in [1.807, 2.05) is 0 Å². The van der Waals surface area contributed by atoms with E-state index in [2.05, 4.69) is 0 Å². The molecular weight excluding hydrogens is 464 g/mol. The number of allylic oxidation sites excluding steroid dienone is 4. The summed E-state index contributed by atoms with van der Waals surface area (Å²) < 4.78 is 0. The van der Waals surface area contributed by atoms with Crippen molar-refractivity contribution in [2.75, 3.05) is 0 Å². The van der Waals surface area contributed by atoms with Gasteiger partial charge in [-0.15, -0.1) is 0 Å². The first-order valence-electron chi connectivity index (χ1n) is 11.9. The van der Waals surface area contributed by atoms with E-state index in [0.29, 0.717) is 0 Å². The van der Waals surface area contributed by atoms with Gasteiger partial charge in [0, 0.05) is 25.7 Å². The lowest BCUT2D eigenvalue weighted by molar-refractivity contribution is -0.141. The summed E-state index contributed by atoms with van der Waals surface area (Å²) in [6.45, 7) is 11.0. The molecule has 0 aliphatic heterocycles. The zero-order chi connectivity index (χ0) is 28.3. The minimum atomic E-state index is -1.54. The summed E-state index contributed by atoms with van der Waals surface area (Å²) in [6.07, 6.45) is 2.57. The van der Waals surface area contributed by atoms with Gasteiger partial charge in [-0.2, -0.15) is 0 Å². The van der Waals surface area contributed by atoms with Gasteiger partial charge in [-0.25, -0.2) is 0 Å². The van der Waals surface area contributed by atoms with Crippen LogP contribution in [0.3, 0.4) is 0 Å². The van der Waals surface area contributed by atoms with Gasteiger partial charge in [0.2, 0.25) is 0 Å². The van der Waals surface area contributed by atoms with Crippen LogP contribution in [0.2, 0.25) is 0 Å². The summed E-state index contributed by atoms with van der Waals surface area (Å²) in [4.78, 5) is 102. The van der Waals surface area contributed by atoms with Gasteiger partial charge in [0.05, 0.1) is 21.7 Å². The smallest absolute Gasteiger partial charge is 0.168 e. The average Bonchev–Trinajstić information content (AvgIpc) is 2.80. The molecule has 0 unspecified atom stereocenters. The van der Waals surface area contributed by atoms with Crippen molar-refractivity contribution in [1.82, 2.24) is 0 Å². The summed E-state index contributed by atoms with van der Waals surface area (Å²) in [5.74, 6) is -4.85.